The molecule has 3 aromatic carbocycles. The standard InChI is InChI=1S/C23H20N2O9S2/c1-34-16-7-6-12(10-17(16)35(29,30)9-8-26)25-15-11-18(36(31,32)33)21(24)20-19(15)22(27)13-4-2-3-5-14(13)23(20)28/h2-7,10-11,25-26H,8-9,24H2,1H3,(H,31,32,33). The molecular weight excluding hydrogens is 512 g/mol. The molecule has 0 heterocycles. The maximum absolute atomic E-state index is 13.4. The molecule has 0 atom stereocenters. The summed E-state index contributed by atoms with van der Waals surface area (Å²) in [4.78, 5) is 25.6. The molecule has 1 aliphatic carbocycles. The average Bonchev–Trinajstić information content (AvgIpc) is 2.82. The third-order valence-corrected chi connectivity index (χ3v) is 8.22. The zero-order valence-corrected chi connectivity index (χ0v) is 20.3. The van der Waals surface area contributed by atoms with Crippen molar-refractivity contribution in [1.29, 1.82) is 0 Å². The van der Waals surface area contributed by atoms with E-state index in [0.29, 0.717) is 0 Å². The smallest absolute Gasteiger partial charge is 0.296 e. The minimum atomic E-state index is -4.92. The summed E-state index contributed by atoms with van der Waals surface area (Å²) in [5, 5.41) is 11.9. The van der Waals surface area contributed by atoms with Crippen LogP contribution in [0, 0.1) is 0 Å². The number of nitrogens with one attached hydrogen (secondary N) is 1. The highest BCUT2D eigenvalue weighted by Gasteiger charge is 2.36. The first-order chi connectivity index (χ1) is 16.9. The fraction of sp³-hybridized carbons (Fsp3) is 0.130. The van der Waals surface area contributed by atoms with Crippen LogP contribution in [0.5, 0.6) is 5.75 Å². The Hall–Kier alpha value is -3.78. The van der Waals surface area contributed by atoms with Gasteiger partial charge in [0.05, 0.1) is 42.0 Å². The monoisotopic (exact) mass is 532 g/mol. The molecule has 1 aliphatic rings. The van der Waals surface area contributed by atoms with Crippen LogP contribution in [0.15, 0.2) is 58.3 Å². The first-order valence-electron chi connectivity index (χ1n) is 10.3. The zero-order valence-electron chi connectivity index (χ0n) is 18.7. The van der Waals surface area contributed by atoms with Crippen molar-refractivity contribution in [1.82, 2.24) is 0 Å². The number of sulfone groups is 1. The quantitative estimate of drug-likeness (QED) is 0.200. The van der Waals surface area contributed by atoms with Crippen molar-refractivity contribution in [3.05, 3.63) is 70.8 Å². The summed E-state index contributed by atoms with van der Waals surface area (Å²) in [6.07, 6.45) is 0. The van der Waals surface area contributed by atoms with Gasteiger partial charge in [0.25, 0.3) is 10.1 Å². The number of ether oxygens (including phenoxy) is 1. The molecule has 0 bridgehead atoms. The molecule has 0 aliphatic heterocycles. The number of fused-ring (bicyclic) bond motifs is 2. The van der Waals surface area contributed by atoms with Crippen molar-refractivity contribution in [2.45, 2.75) is 9.79 Å². The first-order valence-corrected chi connectivity index (χ1v) is 13.4. The van der Waals surface area contributed by atoms with E-state index in [4.69, 9.17) is 15.6 Å². The van der Waals surface area contributed by atoms with Crippen molar-refractivity contribution in [3.8, 4) is 5.75 Å². The Balaban J connectivity index is 1.97. The Morgan fingerprint density at radius 2 is 1.53 bits per heavy atom. The predicted octanol–water partition coefficient (Wildman–Crippen LogP) is 1.81. The number of aliphatic hydroxyl groups is 1. The SMILES string of the molecule is COc1ccc(Nc2cc(S(=O)(=O)O)c(N)c3c2C(=O)c2ccccc2C3=O)cc1S(=O)(=O)CCO. The van der Waals surface area contributed by atoms with Gasteiger partial charge in [-0.2, -0.15) is 8.42 Å². The van der Waals surface area contributed by atoms with E-state index in [0.717, 1.165) is 6.07 Å². The number of ketones is 2. The van der Waals surface area contributed by atoms with Crippen LogP contribution in [-0.4, -0.2) is 57.5 Å². The first kappa shape index (κ1) is 25.3. The van der Waals surface area contributed by atoms with E-state index in [-0.39, 0.29) is 38.7 Å². The number of hydrogen-bond donors (Lipinski definition) is 4. The molecular formula is C23H20N2O9S2. The molecule has 13 heteroatoms. The minimum absolute atomic E-state index is 0.00728. The number of carbonyl (C=O) groups is 2. The molecule has 0 spiro atoms. The van der Waals surface area contributed by atoms with Crippen molar-refractivity contribution in [2.24, 2.45) is 0 Å². The van der Waals surface area contributed by atoms with Crippen molar-refractivity contribution in [3.63, 3.8) is 0 Å². The van der Waals surface area contributed by atoms with Gasteiger partial charge in [-0.05, 0) is 24.3 Å². The van der Waals surface area contributed by atoms with Gasteiger partial charge in [-0.3, -0.25) is 14.1 Å². The Kier molecular flexibility index (Phi) is 6.34. The van der Waals surface area contributed by atoms with Crippen LogP contribution < -0.4 is 15.8 Å². The van der Waals surface area contributed by atoms with Crippen LogP contribution in [-0.2, 0) is 20.0 Å². The van der Waals surface area contributed by atoms with E-state index in [1.54, 1.807) is 6.07 Å². The highest BCUT2D eigenvalue weighted by Crippen LogP contribution is 2.40. The fourth-order valence-electron chi connectivity index (χ4n) is 3.99. The van der Waals surface area contributed by atoms with Crippen LogP contribution in [0.4, 0.5) is 17.1 Å². The van der Waals surface area contributed by atoms with Gasteiger partial charge >= 0.3 is 0 Å². The third kappa shape index (κ3) is 4.22. The second kappa shape index (κ2) is 9.02. The maximum atomic E-state index is 13.4. The van der Waals surface area contributed by atoms with Gasteiger partial charge in [-0.1, -0.05) is 24.3 Å². The van der Waals surface area contributed by atoms with Crippen LogP contribution in [0.2, 0.25) is 0 Å². The van der Waals surface area contributed by atoms with E-state index in [1.807, 2.05) is 0 Å². The molecule has 0 aromatic heterocycles. The van der Waals surface area contributed by atoms with Crippen molar-refractivity contribution >= 4 is 48.6 Å². The molecule has 0 unspecified atom stereocenters. The minimum Gasteiger partial charge on any atom is -0.495 e. The summed E-state index contributed by atoms with van der Waals surface area (Å²) in [5.74, 6) is -1.93. The maximum Gasteiger partial charge on any atom is 0.296 e. The number of nitrogen functional groups attached to an aromatic ring is 1. The van der Waals surface area contributed by atoms with Gasteiger partial charge in [-0.25, -0.2) is 8.42 Å². The number of aliphatic hydroxyl groups excluding tert-OH is 1. The third-order valence-electron chi connectivity index (χ3n) is 5.62. The van der Waals surface area contributed by atoms with E-state index < -0.39 is 60.0 Å². The van der Waals surface area contributed by atoms with E-state index in [9.17, 15) is 31.0 Å². The Bertz CT molecular complexity index is 1650. The molecule has 0 saturated carbocycles. The van der Waals surface area contributed by atoms with E-state index >= 15 is 0 Å². The highest BCUT2D eigenvalue weighted by molar-refractivity contribution is 7.91. The van der Waals surface area contributed by atoms with Crippen LogP contribution in [0.1, 0.15) is 31.8 Å². The van der Waals surface area contributed by atoms with Gasteiger partial charge in [0.2, 0.25) is 0 Å². The lowest BCUT2D eigenvalue weighted by Crippen LogP contribution is -2.25. The van der Waals surface area contributed by atoms with Crippen LogP contribution >= 0.6 is 0 Å². The summed E-state index contributed by atoms with van der Waals surface area (Å²) in [5.41, 5.74) is 4.69. The van der Waals surface area contributed by atoms with Crippen LogP contribution in [0.3, 0.4) is 0 Å². The number of anilines is 3. The number of carbonyl (C=O) groups excluding carboxylic acids is 2. The second-order valence-electron chi connectivity index (χ2n) is 7.80. The number of benzene rings is 3. The molecule has 0 radical (unpaired) electrons. The normalized spacial score (nSPS) is 13.2. The zero-order chi connectivity index (χ0) is 26.4. The molecule has 4 rings (SSSR count). The Labute approximate surface area is 206 Å². The van der Waals surface area contributed by atoms with Gasteiger partial charge in [0, 0.05) is 16.8 Å². The number of rotatable bonds is 7. The van der Waals surface area contributed by atoms with Gasteiger partial charge in [-0.15, -0.1) is 0 Å². The fourth-order valence-corrected chi connectivity index (χ4v) is 5.86. The van der Waals surface area contributed by atoms with Gasteiger partial charge in [0.1, 0.15) is 15.5 Å². The average molecular weight is 533 g/mol. The second-order valence-corrected chi connectivity index (χ2v) is 11.3. The van der Waals surface area contributed by atoms with Crippen LogP contribution in [0.25, 0.3) is 0 Å². The highest BCUT2D eigenvalue weighted by atomic mass is 32.2. The predicted molar refractivity (Wildman–Crippen MR) is 129 cm³/mol. The molecule has 0 amide bonds. The molecule has 5 N–H and O–H groups in total. The number of nitrogens with two attached hydrogens (primary N) is 1. The summed E-state index contributed by atoms with van der Waals surface area (Å²) in [6.45, 7) is -0.637. The Morgan fingerprint density at radius 3 is 2.08 bits per heavy atom. The number of methoxy groups -OCH3 is 1. The van der Waals surface area contributed by atoms with Crippen molar-refractivity contribution < 1.29 is 40.8 Å². The molecule has 0 saturated heterocycles. The summed E-state index contributed by atoms with van der Waals surface area (Å²) < 4.78 is 64.2. The van der Waals surface area contributed by atoms with Gasteiger partial charge < -0.3 is 20.9 Å². The lowest BCUT2D eigenvalue weighted by Gasteiger charge is -2.24. The summed E-state index contributed by atoms with van der Waals surface area (Å²) in [6, 6.07) is 10.7. The molecule has 0 fully saturated rings. The molecule has 3 aromatic rings. The lowest BCUT2D eigenvalue weighted by molar-refractivity contribution is 0.0980. The van der Waals surface area contributed by atoms with Gasteiger partial charge in [0.15, 0.2) is 21.4 Å². The lowest BCUT2D eigenvalue weighted by atomic mass is 9.82. The van der Waals surface area contributed by atoms with E-state index in [2.05, 4.69) is 5.32 Å². The summed E-state index contributed by atoms with van der Waals surface area (Å²) in [7, 11) is -7.64. The molecule has 188 valence electrons. The van der Waals surface area contributed by atoms with Crippen molar-refractivity contribution in [2.75, 3.05) is 30.5 Å². The topological polar surface area (TPSA) is 190 Å². The number of hydrogen-bond acceptors (Lipinski definition) is 10. The summed E-state index contributed by atoms with van der Waals surface area (Å²) >= 11 is 0. The largest absolute Gasteiger partial charge is 0.495 e. The Morgan fingerprint density at radius 1 is 0.917 bits per heavy atom. The molecule has 36 heavy (non-hydrogen) atoms. The van der Waals surface area contributed by atoms with E-state index in [1.165, 1.54) is 43.5 Å². The molecule has 11 nitrogen and oxygen atoms in total.